The highest BCUT2D eigenvalue weighted by atomic mass is 16.5. The van der Waals surface area contributed by atoms with Crippen LogP contribution in [0.1, 0.15) is 44.7 Å². The molecule has 1 heterocycles. The number of allylic oxidation sites excluding steroid dienone is 2. The van der Waals surface area contributed by atoms with E-state index < -0.39 is 23.8 Å². The quantitative estimate of drug-likeness (QED) is 0.246. The van der Waals surface area contributed by atoms with Gasteiger partial charge in [-0.05, 0) is 75.2 Å². The highest BCUT2D eigenvalue weighted by molar-refractivity contribution is 5.99. The molecule has 3 N–H and O–H groups in total. The van der Waals surface area contributed by atoms with Gasteiger partial charge >= 0.3 is 11.9 Å². The Morgan fingerprint density at radius 3 is 2.00 bits per heavy atom. The fourth-order valence-electron chi connectivity index (χ4n) is 3.96. The minimum absolute atomic E-state index is 0.136. The van der Waals surface area contributed by atoms with Gasteiger partial charge in [-0.1, -0.05) is 12.1 Å². The molecule has 0 spiro atoms. The Hall–Kier alpha value is -4.60. The van der Waals surface area contributed by atoms with Crippen LogP contribution in [0, 0.1) is 0 Å². The Labute approximate surface area is 221 Å². The number of nitrogens with zero attached hydrogens (tertiary/aromatic N) is 1. The number of phenolic OH excluding ortho intramolecular Hbond substituents is 1. The van der Waals surface area contributed by atoms with Crippen LogP contribution < -0.4 is 15.5 Å². The first-order valence-corrected chi connectivity index (χ1v) is 12.1. The number of hydrazone groups is 1. The summed E-state index contributed by atoms with van der Waals surface area (Å²) in [5, 5.41) is 16.3. The van der Waals surface area contributed by atoms with E-state index in [0.717, 1.165) is 0 Å². The van der Waals surface area contributed by atoms with Crippen LogP contribution in [0.25, 0.3) is 0 Å². The first-order chi connectivity index (χ1) is 18.2. The average Bonchev–Trinajstić information content (AvgIpc) is 2.88. The van der Waals surface area contributed by atoms with Crippen LogP contribution in [0.3, 0.4) is 0 Å². The summed E-state index contributed by atoms with van der Waals surface area (Å²) >= 11 is 0. The van der Waals surface area contributed by atoms with Gasteiger partial charge in [-0.25, -0.2) is 15.0 Å². The lowest BCUT2D eigenvalue weighted by Gasteiger charge is -2.30. The Bertz CT molecular complexity index is 1220. The Kier molecular flexibility index (Phi) is 9.64. The number of ether oxygens (including phenoxy) is 3. The minimum Gasteiger partial charge on any atom is -0.508 e. The summed E-state index contributed by atoms with van der Waals surface area (Å²) in [5.41, 5.74) is 5.55. The van der Waals surface area contributed by atoms with Crippen molar-refractivity contribution in [3.8, 4) is 11.5 Å². The summed E-state index contributed by atoms with van der Waals surface area (Å²) in [6.45, 7) is 7.04. The molecule has 2 aromatic carbocycles. The second kappa shape index (κ2) is 13.1. The van der Waals surface area contributed by atoms with E-state index in [-0.39, 0.29) is 25.6 Å². The molecule has 0 fully saturated rings. The van der Waals surface area contributed by atoms with E-state index in [2.05, 4.69) is 15.8 Å². The van der Waals surface area contributed by atoms with E-state index in [1.807, 2.05) is 0 Å². The molecule has 0 saturated carbocycles. The van der Waals surface area contributed by atoms with E-state index >= 15 is 0 Å². The van der Waals surface area contributed by atoms with Crippen molar-refractivity contribution < 1.29 is 33.7 Å². The fourth-order valence-corrected chi connectivity index (χ4v) is 3.96. The number of dihydropyridines is 1. The summed E-state index contributed by atoms with van der Waals surface area (Å²) in [7, 11) is 0. The number of hydrogen-bond donors (Lipinski definition) is 3. The van der Waals surface area contributed by atoms with Crippen molar-refractivity contribution in [1.29, 1.82) is 0 Å². The third-order valence-corrected chi connectivity index (χ3v) is 5.63. The zero-order valence-electron chi connectivity index (χ0n) is 21.7. The van der Waals surface area contributed by atoms with E-state index in [1.165, 1.54) is 18.3 Å². The molecule has 0 radical (unpaired) electrons. The number of aromatic hydroxyl groups is 1. The van der Waals surface area contributed by atoms with Gasteiger partial charge in [0.2, 0.25) is 0 Å². The molecule has 2 aromatic rings. The van der Waals surface area contributed by atoms with Crippen LogP contribution in [-0.4, -0.2) is 49.0 Å². The van der Waals surface area contributed by atoms with Gasteiger partial charge in [-0.15, -0.1) is 0 Å². The number of rotatable bonds is 10. The standard InChI is InChI=1S/C28H31N3O7/c1-5-36-27(34)24-17(3)30-18(4)25(28(35)37-6-2)26(24)20-9-13-22(14-10-20)38-16-23(33)31-29-15-19-7-11-21(32)12-8-19/h7-15,26,30,32H,5-6,16H2,1-4H3,(H,31,33)/b29-15+. The van der Waals surface area contributed by atoms with Gasteiger partial charge in [0.25, 0.3) is 5.91 Å². The molecule has 0 aliphatic carbocycles. The zero-order chi connectivity index (χ0) is 27.7. The Balaban J connectivity index is 1.74. The number of carbonyl (C=O) groups is 3. The molecule has 3 rings (SSSR count). The zero-order valence-corrected chi connectivity index (χ0v) is 21.7. The van der Waals surface area contributed by atoms with Crippen molar-refractivity contribution in [1.82, 2.24) is 10.7 Å². The molecule has 10 heteroatoms. The maximum Gasteiger partial charge on any atom is 0.336 e. The third-order valence-electron chi connectivity index (χ3n) is 5.63. The molecular weight excluding hydrogens is 490 g/mol. The molecule has 0 saturated heterocycles. The number of amides is 1. The molecule has 0 unspecified atom stereocenters. The molecule has 0 bridgehead atoms. The minimum atomic E-state index is -0.707. The van der Waals surface area contributed by atoms with Crippen LogP contribution in [0.5, 0.6) is 11.5 Å². The molecular formula is C28H31N3O7. The smallest absolute Gasteiger partial charge is 0.336 e. The normalized spacial score (nSPS) is 13.8. The van der Waals surface area contributed by atoms with Gasteiger partial charge in [0.15, 0.2) is 6.61 Å². The molecule has 1 aliphatic rings. The first kappa shape index (κ1) is 28.0. The van der Waals surface area contributed by atoms with Crippen molar-refractivity contribution in [3.05, 3.63) is 82.2 Å². The lowest BCUT2D eigenvalue weighted by atomic mass is 9.80. The Morgan fingerprint density at radius 2 is 1.47 bits per heavy atom. The molecule has 10 nitrogen and oxygen atoms in total. The van der Waals surface area contributed by atoms with Crippen molar-refractivity contribution >= 4 is 24.1 Å². The summed E-state index contributed by atoms with van der Waals surface area (Å²) in [5.74, 6) is -1.67. The first-order valence-electron chi connectivity index (χ1n) is 12.1. The van der Waals surface area contributed by atoms with Gasteiger partial charge in [-0.2, -0.15) is 5.10 Å². The van der Waals surface area contributed by atoms with Gasteiger partial charge in [0.1, 0.15) is 11.5 Å². The molecule has 0 atom stereocenters. The van der Waals surface area contributed by atoms with E-state index in [0.29, 0.717) is 39.4 Å². The van der Waals surface area contributed by atoms with Gasteiger partial charge < -0.3 is 24.6 Å². The summed E-state index contributed by atoms with van der Waals surface area (Å²) in [4.78, 5) is 37.8. The van der Waals surface area contributed by atoms with Crippen molar-refractivity contribution in [3.63, 3.8) is 0 Å². The number of nitrogens with one attached hydrogen (secondary N) is 2. The Morgan fingerprint density at radius 1 is 0.921 bits per heavy atom. The highest BCUT2D eigenvalue weighted by Crippen LogP contribution is 2.39. The van der Waals surface area contributed by atoms with E-state index in [9.17, 15) is 19.5 Å². The number of esters is 2. The van der Waals surface area contributed by atoms with Gasteiger partial charge in [0.05, 0.1) is 36.5 Å². The van der Waals surface area contributed by atoms with E-state index in [4.69, 9.17) is 14.2 Å². The maximum atomic E-state index is 12.9. The second-order valence-corrected chi connectivity index (χ2v) is 8.32. The molecule has 38 heavy (non-hydrogen) atoms. The third kappa shape index (κ3) is 7.00. The predicted molar refractivity (Wildman–Crippen MR) is 140 cm³/mol. The number of phenols is 1. The maximum absolute atomic E-state index is 12.9. The van der Waals surface area contributed by atoms with Crippen LogP contribution in [0.2, 0.25) is 0 Å². The van der Waals surface area contributed by atoms with Crippen LogP contribution >= 0.6 is 0 Å². The highest BCUT2D eigenvalue weighted by Gasteiger charge is 2.37. The fraction of sp³-hybridized carbons (Fsp3) is 0.286. The average molecular weight is 522 g/mol. The SMILES string of the molecule is CCOC(=O)C1=C(C)NC(C)=C(C(=O)OCC)C1c1ccc(OCC(=O)N/N=C/c2ccc(O)cc2)cc1. The summed E-state index contributed by atoms with van der Waals surface area (Å²) < 4.78 is 16.1. The second-order valence-electron chi connectivity index (χ2n) is 8.32. The predicted octanol–water partition coefficient (Wildman–Crippen LogP) is 3.28. The lowest BCUT2D eigenvalue weighted by Crippen LogP contribution is -2.32. The molecule has 200 valence electrons. The summed E-state index contributed by atoms with van der Waals surface area (Å²) in [6, 6.07) is 13.1. The number of hydrogen-bond acceptors (Lipinski definition) is 9. The summed E-state index contributed by atoms with van der Waals surface area (Å²) in [6.07, 6.45) is 1.44. The van der Waals surface area contributed by atoms with Crippen molar-refractivity contribution in [2.24, 2.45) is 5.10 Å². The monoisotopic (exact) mass is 521 g/mol. The largest absolute Gasteiger partial charge is 0.508 e. The number of carbonyl (C=O) groups excluding carboxylic acids is 3. The van der Waals surface area contributed by atoms with Gasteiger partial charge in [0, 0.05) is 11.4 Å². The van der Waals surface area contributed by atoms with Gasteiger partial charge in [-0.3, -0.25) is 4.79 Å². The lowest BCUT2D eigenvalue weighted by molar-refractivity contribution is -0.139. The van der Waals surface area contributed by atoms with E-state index in [1.54, 1.807) is 64.1 Å². The topological polar surface area (TPSA) is 136 Å². The number of benzene rings is 2. The molecule has 1 amide bonds. The molecule has 0 aromatic heterocycles. The van der Waals surface area contributed by atoms with Crippen LogP contribution in [-0.2, 0) is 23.9 Å². The van der Waals surface area contributed by atoms with Crippen molar-refractivity contribution in [2.75, 3.05) is 19.8 Å². The molecule has 1 aliphatic heterocycles. The van der Waals surface area contributed by atoms with Crippen LogP contribution in [0.15, 0.2) is 76.2 Å². The van der Waals surface area contributed by atoms with Crippen molar-refractivity contribution in [2.45, 2.75) is 33.6 Å². The van der Waals surface area contributed by atoms with Crippen LogP contribution in [0.4, 0.5) is 0 Å².